The van der Waals surface area contributed by atoms with E-state index >= 15 is 0 Å². The normalized spacial score (nSPS) is 25.5. The van der Waals surface area contributed by atoms with Crippen LogP contribution >= 0.6 is 24.0 Å². The number of carbonyl (C=O) groups excluding carboxylic acids is 1. The van der Waals surface area contributed by atoms with E-state index in [4.69, 9.17) is 11.6 Å². The van der Waals surface area contributed by atoms with Crippen LogP contribution < -0.4 is 10.2 Å². The van der Waals surface area contributed by atoms with Gasteiger partial charge in [0.25, 0.3) is 0 Å². The number of nitrogens with one attached hydrogen (secondary N) is 1. The van der Waals surface area contributed by atoms with Crippen molar-refractivity contribution < 1.29 is 9.18 Å². The maximum Gasteiger partial charge on any atom is 0.231 e. The van der Waals surface area contributed by atoms with Crippen LogP contribution in [-0.2, 0) is 4.79 Å². The number of benzene rings is 1. The molecule has 1 N–H and O–H groups in total. The molecule has 2 aromatic rings. The Morgan fingerprint density at radius 1 is 1.18 bits per heavy atom. The quantitative estimate of drug-likeness (QED) is 0.689. The van der Waals surface area contributed by atoms with Crippen molar-refractivity contribution in [1.82, 2.24) is 20.2 Å². The maximum absolute atomic E-state index is 14.3. The topological polar surface area (TPSA) is 61.4 Å². The predicted octanol–water partition coefficient (Wildman–Crippen LogP) is 4.25. The van der Waals surface area contributed by atoms with Gasteiger partial charge in [0.15, 0.2) is 0 Å². The zero-order valence-corrected chi connectivity index (χ0v) is 20.3. The Kier molecular flexibility index (Phi) is 7.41. The molecule has 4 atom stereocenters. The van der Waals surface area contributed by atoms with Gasteiger partial charge in [-0.3, -0.25) is 4.79 Å². The van der Waals surface area contributed by atoms with Crippen LogP contribution in [0.15, 0.2) is 30.6 Å². The zero-order chi connectivity index (χ0) is 22.2. The highest BCUT2D eigenvalue weighted by Crippen LogP contribution is 2.44. The smallest absolute Gasteiger partial charge is 0.231 e. The van der Waals surface area contributed by atoms with Crippen LogP contribution in [0.3, 0.4) is 0 Å². The molecule has 1 aromatic carbocycles. The van der Waals surface area contributed by atoms with Gasteiger partial charge in [-0.2, -0.15) is 0 Å². The summed E-state index contributed by atoms with van der Waals surface area (Å²) in [5.74, 6) is 0.897. The van der Waals surface area contributed by atoms with E-state index in [2.05, 4.69) is 20.2 Å². The number of hydrogen-bond acceptors (Lipinski definition) is 5. The molecule has 1 aromatic heterocycles. The third kappa shape index (κ3) is 4.68. The molecule has 1 aliphatic carbocycles. The van der Waals surface area contributed by atoms with Crippen molar-refractivity contribution in [3.05, 3.63) is 52.4 Å². The summed E-state index contributed by atoms with van der Waals surface area (Å²) in [4.78, 5) is 26.5. The molecule has 3 heterocycles. The minimum Gasteiger partial charge on any atom is -0.353 e. The second kappa shape index (κ2) is 10.1. The number of alkyl halides is 1. The van der Waals surface area contributed by atoms with Gasteiger partial charge in [0, 0.05) is 42.8 Å². The second-order valence-corrected chi connectivity index (χ2v) is 9.58. The molecule has 5 rings (SSSR count). The average molecular weight is 494 g/mol. The number of amides is 1. The van der Waals surface area contributed by atoms with E-state index < -0.39 is 6.17 Å². The lowest BCUT2D eigenvalue weighted by atomic mass is 9.89. The Morgan fingerprint density at radius 3 is 2.58 bits per heavy atom. The number of halogens is 3. The van der Waals surface area contributed by atoms with Crippen molar-refractivity contribution in [1.29, 1.82) is 0 Å². The van der Waals surface area contributed by atoms with Crippen molar-refractivity contribution in [3.63, 3.8) is 0 Å². The molecule has 2 fully saturated rings. The Hall–Kier alpha value is -1.96. The fourth-order valence-electron chi connectivity index (χ4n) is 5.46. The highest BCUT2D eigenvalue weighted by atomic mass is 35.5. The fourth-order valence-corrected chi connectivity index (χ4v) is 5.59. The first-order valence-electron chi connectivity index (χ1n) is 11.5. The monoisotopic (exact) mass is 493 g/mol. The van der Waals surface area contributed by atoms with Crippen molar-refractivity contribution >= 4 is 35.7 Å². The van der Waals surface area contributed by atoms with Gasteiger partial charge in [-0.25, -0.2) is 14.4 Å². The summed E-state index contributed by atoms with van der Waals surface area (Å²) in [6.07, 6.45) is 3.01. The summed E-state index contributed by atoms with van der Waals surface area (Å²) >= 11 is 6.09. The van der Waals surface area contributed by atoms with Crippen LogP contribution in [0.1, 0.15) is 61.0 Å². The number of aromatic nitrogens is 2. The minimum atomic E-state index is -1.01. The molecule has 6 nitrogen and oxygen atoms in total. The van der Waals surface area contributed by atoms with Gasteiger partial charge in [-0.05, 0) is 49.4 Å². The second-order valence-electron chi connectivity index (χ2n) is 9.14. The van der Waals surface area contributed by atoms with Gasteiger partial charge in [0.1, 0.15) is 18.3 Å². The van der Waals surface area contributed by atoms with Crippen LogP contribution in [0.25, 0.3) is 0 Å². The summed E-state index contributed by atoms with van der Waals surface area (Å²) in [5.41, 5.74) is 2.49. The molecule has 0 unspecified atom stereocenters. The predicted molar refractivity (Wildman–Crippen MR) is 130 cm³/mol. The Morgan fingerprint density at radius 2 is 1.91 bits per heavy atom. The fraction of sp³-hybridized carbons (Fsp3) is 0.542. The third-order valence-electron chi connectivity index (χ3n) is 7.13. The van der Waals surface area contributed by atoms with Gasteiger partial charge < -0.3 is 15.1 Å². The number of fused-ring (bicyclic) bond motifs is 1. The molecule has 9 heteroatoms. The standard InChI is InChI=1S/C24H29ClFN5O.ClH/c1-15-13-18(26)22-20(15)23(29-14-28-22)30-9-11-31(12-10-30)24(32)21(19-3-2-8-27-19)16-4-6-17(25)7-5-16;/h4-7,14-15,18-19,21,27H,2-3,8-13H2,1H3;1H/t15-,18-,19+,21+;/m1./s1. The molecule has 3 aliphatic rings. The van der Waals surface area contributed by atoms with Crippen molar-refractivity contribution in [3.8, 4) is 0 Å². The van der Waals surface area contributed by atoms with E-state index in [0.29, 0.717) is 43.3 Å². The largest absolute Gasteiger partial charge is 0.353 e. The first kappa shape index (κ1) is 24.2. The number of hydrogen-bond donors (Lipinski definition) is 1. The molecule has 2 saturated heterocycles. The van der Waals surface area contributed by atoms with E-state index in [1.807, 2.05) is 36.1 Å². The average Bonchev–Trinajstić information content (AvgIpc) is 3.44. The van der Waals surface area contributed by atoms with Gasteiger partial charge in [-0.15, -0.1) is 12.4 Å². The molecule has 0 saturated carbocycles. The summed E-state index contributed by atoms with van der Waals surface area (Å²) in [6.45, 7) is 5.61. The highest BCUT2D eigenvalue weighted by molar-refractivity contribution is 6.30. The summed E-state index contributed by atoms with van der Waals surface area (Å²) in [5, 5.41) is 4.19. The Labute approximate surface area is 205 Å². The number of piperazine rings is 1. The molecule has 0 bridgehead atoms. The van der Waals surface area contributed by atoms with Gasteiger partial charge in [0.05, 0.1) is 11.6 Å². The molecule has 2 aliphatic heterocycles. The lowest BCUT2D eigenvalue weighted by molar-refractivity contribution is -0.133. The van der Waals surface area contributed by atoms with Crippen LogP contribution in [0.4, 0.5) is 10.2 Å². The van der Waals surface area contributed by atoms with Gasteiger partial charge in [-0.1, -0.05) is 30.7 Å². The van der Waals surface area contributed by atoms with E-state index in [1.54, 1.807) is 0 Å². The van der Waals surface area contributed by atoms with Crippen LogP contribution in [0.5, 0.6) is 0 Å². The van der Waals surface area contributed by atoms with E-state index in [1.165, 1.54) is 6.33 Å². The summed E-state index contributed by atoms with van der Waals surface area (Å²) < 4.78 is 14.3. The van der Waals surface area contributed by atoms with Crippen molar-refractivity contribution in [2.75, 3.05) is 37.6 Å². The molecular formula is C24H30Cl2FN5O. The van der Waals surface area contributed by atoms with E-state index in [9.17, 15) is 9.18 Å². The number of carbonyl (C=O) groups is 1. The third-order valence-corrected chi connectivity index (χ3v) is 7.38. The lowest BCUT2D eigenvalue weighted by Crippen LogP contribution is -2.52. The Bertz CT molecular complexity index is 977. The minimum absolute atomic E-state index is 0. The zero-order valence-electron chi connectivity index (χ0n) is 18.7. The van der Waals surface area contributed by atoms with E-state index in [-0.39, 0.29) is 36.2 Å². The first-order chi connectivity index (χ1) is 15.5. The lowest BCUT2D eigenvalue weighted by Gasteiger charge is -2.38. The van der Waals surface area contributed by atoms with Crippen LogP contribution in [0.2, 0.25) is 5.02 Å². The van der Waals surface area contributed by atoms with Gasteiger partial charge >= 0.3 is 0 Å². The van der Waals surface area contributed by atoms with Gasteiger partial charge in [0.2, 0.25) is 5.91 Å². The maximum atomic E-state index is 14.3. The van der Waals surface area contributed by atoms with E-state index in [0.717, 1.165) is 36.3 Å². The molecule has 0 spiro atoms. The highest BCUT2D eigenvalue weighted by Gasteiger charge is 2.38. The summed E-state index contributed by atoms with van der Waals surface area (Å²) in [6, 6.07) is 7.81. The molecule has 1 amide bonds. The molecular weight excluding hydrogens is 464 g/mol. The van der Waals surface area contributed by atoms with Crippen molar-refractivity contribution in [2.45, 2.75) is 50.2 Å². The molecule has 33 heavy (non-hydrogen) atoms. The van der Waals surface area contributed by atoms with Crippen LogP contribution in [-0.4, -0.2) is 59.5 Å². The SMILES string of the molecule is C[C@@H]1C[C@@H](F)c2ncnc(N3CCN(C(=O)[C@@H](c4ccc(Cl)cc4)[C@@H]4CCCN4)CC3)c21.Cl. The number of rotatable bonds is 4. The van der Waals surface area contributed by atoms with Crippen LogP contribution in [0, 0.1) is 0 Å². The first-order valence-corrected chi connectivity index (χ1v) is 11.9. The van der Waals surface area contributed by atoms with Crippen molar-refractivity contribution in [2.24, 2.45) is 0 Å². The Balaban J connectivity index is 0.00000259. The number of nitrogens with zero attached hydrogens (tertiary/aromatic N) is 4. The summed E-state index contributed by atoms with van der Waals surface area (Å²) in [7, 11) is 0. The number of anilines is 1. The molecule has 178 valence electrons. The molecule has 0 radical (unpaired) electrons.